The van der Waals surface area contributed by atoms with Crippen LogP contribution in [0, 0.1) is 35.0 Å². The molecule has 2 saturated carbocycles. The molecule has 0 aromatic carbocycles. The van der Waals surface area contributed by atoms with Gasteiger partial charge in [0.2, 0.25) is 0 Å². The summed E-state index contributed by atoms with van der Waals surface area (Å²) in [6, 6.07) is 0. The normalized spacial score (nSPS) is 43.6. The van der Waals surface area contributed by atoms with Crippen LogP contribution in [-0.4, -0.2) is 12.1 Å². The Morgan fingerprint density at radius 2 is 2.05 bits per heavy atom. The molecule has 6 atom stereocenters. The Morgan fingerprint density at radius 3 is 2.58 bits per heavy atom. The van der Waals surface area contributed by atoms with Crippen LogP contribution in [0.2, 0.25) is 0 Å². The lowest BCUT2D eigenvalue weighted by Crippen LogP contribution is -2.44. The Labute approximate surface area is 117 Å². The van der Waals surface area contributed by atoms with E-state index in [-0.39, 0.29) is 17.3 Å². The average Bonchev–Trinajstić information content (AvgIpc) is 2.73. The van der Waals surface area contributed by atoms with E-state index < -0.39 is 0 Å². The number of ketones is 1. The fourth-order valence-electron chi connectivity index (χ4n) is 5.33. The van der Waals surface area contributed by atoms with Gasteiger partial charge in [-0.3, -0.25) is 4.79 Å². The third kappa shape index (κ3) is 2.28. The lowest BCUT2D eigenvalue weighted by Gasteiger charge is -2.49. The van der Waals surface area contributed by atoms with Crippen molar-refractivity contribution in [3.63, 3.8) is 0 Å². The highest BCUT2D eigenvalue weighted by Crippen LogP contribution is 2.60. The van der Waals surface area contributed by atoms with Crippen molar-refractivity contribution >= 4 is 12.1 Å². The smallest absolute Gasteiger partial charge is 0.133 e. The van der Waals surface area contributed by atoms with Crippen molar-refractivity contribution in [2.24, 2.45) is 35.0 Å². The third-order valence-corrected chi connectivity index (χ3v) is 6.34. The first-order valence-electron chi connectivity index (χ1n) is 7.91. The van der Waals surface area contributed by atoms with Crippen molar-refractivity contribution in [3.05, 3.63) is 0 Å². The van der Waals surface area contributed by atoms with Gasteiger partial charge in [0.1, 0.15) is 12.1 Å². The van der Waals surface area contributed by atoms with E-state index in [1.165, 1.54) is 6.42 Å². The molecule has 0 spiro atoms. The summed E-state index contributed by atoms with van der Waals surface area (Å²) in [4.78, 5) is 23.1. The second-order valence-electron chi connectivity index (χ2n) is 7.12. The zero-order valence-electron chi connectivity index (χ0n) is 12.8. The fourth-order valence-corrected chi connectivity index (χ4v) is 5.33. The fraction of sp³-hybridized carbons (Fsp3) is 0.882. The molecule has 108 valence electrons. The maximum absolute atomic E-state index is 11.9. The molecule has 0 heterocycles. The van der Waals surface area contributed by atoms with Crippen LogP contribution in [0.5, 0.6) is 0 Å². The number of carbonyl (C=O) groups is 2. The van der Waals surface area contributed by atoms with Gasteiger partial charge in [-0.1, -0.05) is 27.2 Å². The first kappa shape index (κ1) is 14.7. The van der Waals surface area contributed by atoms with Gasteiger partial charge in [-0.25, -0.2) is 0 Å². The molecule has 0 N–H and O–H groups in total. The molecule has 0 aromatic rings. The number of rotatable bonds is 4. The molecular weight excluding hydrogens is 236 g/mol. The number of aldehydes is 1. The molecule has 2 rings (SSSR count). The Kier molecular flexibility index (Phi) is 4.17. The van der Waals surface area contributed by atoms with Crippen LogP contribution in [0.15, 0.2) is 0 Å². The summed E-state index contributed by atoms with van der Waals surface area (Å²) in [5, 5.41) is 0. The number of hydrogen-bond donors (Lipinski definition) is 0. The van der Waals surface area contributed by atoms with E-state index in [1.54, 1.807) is 6.92 Å². The maximum Gasteiger partial charge on any atom is 0.133 e. The molecule has 2 aliphatic carbocycles. The van der Waals surface area contributed by atoms with Crippen LogP contribution < -0.4 is 0 Å². The van der Waals surface area contributed by atoms with E-state index in [4.69, 9.17) is 0 Å². The number of hydrogen-bond acceptors (Lipinski definition) is 2. The topological polar surface area (TPSA) is 34.1 Å². The molecule has 2 aliphatic rings. The van der Waals surface area contributed by atoms with E-state index in [1.807, 2.05) is 0 Å². The van der Waals surface area contributed by atoms with Gasteiger partial charge in [0.15, 0.2) is 0 Å². The Hall–Kier alpha value is -0.660. The molecule has 2 nitrogen and oxygen atoms in total. The van der Waals surface area contributed by atoms with Gasteiger partial charge in [-0.2, -0.15) is 0 Å². The first-order valence-corrected chi connectivity index (χ1v) is 7.91. The van der Waals surface area contributed by atoms with Gasteiger partial charge in [0.25, 0.3) is 0 Å². The van der Waals surface area contributed by atoms with Gasteiger partial charge in [-0.05, 0) is 55.8 Å². The van der Waals surface area contributed by atoms with Crippen molar-refractivity contribution < 1.29 is 9.59 Å². The van der Waals surface area contributed by atoms with Crippen LogP contribution in [0.25, 0.3) is 0 Å². The molecule has 0 amide bonds. The molecule has 0 saturated heterocycles. The Morgan fingerprint density at radius 1 is 1.37 bits per heavy atom. The minimum Gasteiger partial charge on any atom is -0.303 e. The zero-order valence-corrected chi connectivity index (χ0v) is 12.8. The summed E-state index contributed by atoms with van der Waals surface area (Å²) < 4.78 is 0. The lowest BCUT2D eigenvalue weighted by atomic mass is 9.55. The SMILES string of the molecule is CC[C@@H]1[C@@H](C(C)C=O)CC[C@]2(C)[C@@H](C(C)=O)CC[C@@H]12. The predicted octanol–water partition coefficient (Wildman–Crippen LogP) is 3.88. The highest BCUT2D eigenvalue weighted by Gasteiger charge is 2.54. The van der Waals surface area contributed by atoms with Crippen molar-refractivity contribution in [3.8, 4) is 0 Å². The van der Waals surface area contributed by atoms with Gasteiger partial charge in [-0.15, -0.1) is 0 Å². The van der Waals surface area contributed by atoms with E-state index in [0.717, 1.165) is 32.0 Å². The summed E-state index contributed by atoms with van der Waals surface area (Å²) >= 11 is 0. The molecule has 0 bridgehead atoms. The zero-order chi connectivity index (χ0) is 14.2. The van der Waals surface area contributed by atoms with E-state index in [9.17, 15) is 9.59 Å². The van der Waals surface area contributed by atoms with E-state index in [2.05, 4.69) is 20.8 Å². The molecule has 1 unspecified atom stereocenters. The number of Topliss-reactive ketones (excluding diaryl/α,β-unsaturated/α-hetero) is 1. The van der Waals surface area contributed by atoms with E-state index in [0.29, 0.717) is 23.5 Å². The maximum atomic E-state index is 11.9. The second-order valence-corrected chi connectivity index (χ2v) is 7.12. The van der Waals surface area contributed by atoms with Crippen LogP contribution in [0.4, 0.5) is 0 Å². The minimum absolute atomic E-state index is 0.172. The highest BCUT2D eigenvalue weighted by molar-refractivity contribution is 5.79. The van der Waals surface area contributed by atoms with Crippen molar-refractivity contribution in [1.29, 1.82) is 0 Å². The van der Waals surface area contributed by atoms with Crippen LogP contribution in [0.1, 0.15) is 59.8 Å². The quantitative estimate of drug-likeness (QED) is 0.722. The summed E-state index contributed by atoms with van der Waals surface area (Å²) in [7, 11) is 0. The predicted molar refractivity (Wildman–Crippen MR) is 76.7 cm³/mol. The summed E-state index contributed by atoms with van der Waals surface area (Å²) in [6.45, 7) is 8.42. The average molecular weight is 264 g/mol. The Balaban J connectivity index is 2.26. The number of fused-ring (bicyclic) bond motifs is 1. The van der Waals surface area contributed by atoms with Crippen molar-refractivity contribution in [2.75, 3.05) is 0 Å². The molecule has 0 radical (unpaired) electrons. The lowest BCUT2D eigenvalue weighted by molar-refractivity contribution is -0.127. The van der Waals surface area contributed by atoms with Gasteiger partial charge < -0.3 is 4.79 Å². The summed E-state index contributed by atoms with van der Waals surface area (Å²) in [5.74, 6) is 2.62. The molecule has 2 heteroatoms. The van der Waals surface area contributed by atoms with Gasteiger partial charge in [0.05, 0.1) is 0 Å². The summed E-state index contributed by atoms with van der Waals surface area (Å²) in [5.41, 5.74) is 0.200. The highest BCUT2D eigenvalue weighted by atomic mass is 16.1. The van der Waals surface area contributed by atoms with Crippen molar-refractivity contribution in [1.82, 2.24) is 0 Å². The first-order chi connectivity index (χ1) is 8.95. The van der Waals surface area contributed by atoms with Gasteiger partial charge >= 0.3 is 0 Å². The molecule has 19 heavy (non-hydrogen) atoms. The number of carbonyl (C=O) groups excluding carboxylic acids is 2. The van der Waals surface area contributed by atoms with Crippen LogP contribution in [-0.2, 0) is 9.59 Å². The second kappa shape index (κ2) is 5.38. The monoisotopic (exact) mass is 264 g/mol. The largest absolute Gasteiger partial charge is 0.303 e. The van der Waals surface area contributed by atoms with E-state index >= 15 is 0 Å². The molecule has 2 fully saturated rings. The minimum atomic E-state index is 0.172. The van der Waals surface area contributed by atoms with Crippen LogP contribution in [0.3, 0.4) is 0 Å². The molecule has 0 aliphatic heterocycles. The van der Waals surface area contributed by atoms with Crippen LogP contribution >= 0.6 is 0 Å². The summed E-state index contributed by atoms with van der Waals surface area (Å²) in [6.07, 6.45) is 6.77. The molecule has 0 aromatic heterocycles. The van der Waals surface area contributed by atoms with Gasteiger partial charge in [0, 0.05) is 11.8 Å². The third-order valence-electron chi connectivity index (χ3n) is 6.34. The Bertz CT molecular complexity index is 362. The molecular formula is C17H28O2. The standard InChI is InChI=1S/C17H28O2/c1-5-13-14(11(2)10-18)8-9-17(4)15(12(3)19)6-7-16(13)17/h10-11,13-16H,5-9H2,1-4H3/t11?,13-,14-,15-,16+,17-/m1/s1. The van der Waals surface area contributed by atoms with Crippen molar-refractivity contribution in [2.45, 2.75) is 59.8 Å².